The molecule has 0 saturated heterocycles. The van der Waals surface area contributed by atoms with Crippen molar-refractivity contribution < 1.29 is 18.1 Å². The molecular weight excluding hydrogens is 437 g/mol. The summed E-state index contributed by atoms with van der Waals surface area (Å²) in [5.74, 6) is 0.271. The number of benzene rings is 3. The standard InChI is InChI=1S/C22H13F3N6O2/c23-22(24,25)18-8-4-3-7-17(18)21-28-27-20-16-6-2-1-5-15(16)19(29-30(20)21)26-13-9-11-14(12-10-13)31(32)33/h1-12H,(H,26,29). The van der Waals surface area contributed by atoms with Crippen molar-refractivity contribution >= 4 is 33.6 Å². The van der Waals surface area contributed by atoms with Crippen LogP contribution in [0.15, 0.2) is 72.8 Å². The van der Waals surface area contributed by atoms with Crippen LogP contribution in [0.4, 0.5) is 30.4 Å². The van der Waals surface area contributed by atoms with Gasteiger partial charge in [0.2, 0.25) is 0 Å². The zero-order valence-corrected chi connectivity index (χ0v) is 16.6. The number of fused-ring (bicyclic) bond motifs is 3. The van der Waals surface area contributed by atoms with Gasteiger partial charge in [-0.15, -0.1) is 15.3 Å². The first-order valence-corrected chi connectivity index (χ1v) is 9.65. The summed E-state index contributed by atoms with van der Waals surface area (Å²) in [5.41, 5.74) is -0.255. The van der Waals surface area contributed by atoms with Crippen LogP contribution < -0.4 is 5.32 Å². The molecule has 5 aromatic rings. The van der Waals surface area contributed by atoms with Gasteiger partial charge in [0.25, 0.3) is 5.69 Å². The van der Waals surface area contributed by atoms with Crippen LogP contribution in [0.5, 0.6) is 0 Å². The number of nitrogens with one attached hydrogen (secondary N) is 1. The molecule has 5 rings (SSSR count). The third kappa shape index (κ3) is 3.59. The summed E-state index contributed by atoms with van der Waals surface area (Å²) in [6.45, 7) is 0. The molecule has 0 saturated carbocycles. The molecule has 33 heavy (non-hydrogen) atoms. The number of aromatic nitrogens is 4. The maximum absolute atomic E-state index is 13.6. The maximum atomic E-state index is 13.6. The van der Waals surface area contributed by atoms with E-state index in [1.54, 1.807) is 24.3 Å². The first-order chi connectivity index (χ1) is 15.8. The van der Waals surface area contributed by atoms with Gasteiger partial charge in [0.15, 0.2) is 17.3 Å². The van der Waals surface area contributed by atoms with Crippen molar-refractivity contribution in [3.63, 3.8) is 0 Å². The van der Waals surface area contributed by atoms with Gasteiger partial charge < -0.3 is 5.32 Å². The second kappa shape index (κ2) is 7.55. The highest BCUT2D eigenvalue weighted by atomic mass is 19.4. The molecule has 0 spiro atoms. The zero-order chi connectivity index (χ0) is 23.2. The van der Waals surface area contributed by atoms with Gasteiger partial charge in [-0.25, -0.2) is 0 Å². The molecule has 0 atom stereocenters. The lowest BCUT2D eigenvalue weighted by Gasteiger charge is -2.13. The van der Waals surface area contributed by atoms with Crippen LogP contribution in [-0.4, -0.2) is 24.7 Å². The van der Waals surface area contributed by atoms with E-state index in [0.717, 1.165) is 6.07 Å². The van der Waals surface area contributed by atoms with E-state index in [0.29, 0.717) is 27.9 Å². The normalized spacial score (nSPS) is 11.7. The number of non-ortho nitro benzene ring substituents is 1. The summed E-state index contributed by atoms with van der Waals surface area (Å²) in [4.78, 5) is 10.4. The van der Waals surface area contributed by atoms with Crippen LogP contribution in [0.25, 0.3) is 27.8 Å². The highest BCUT2D eigenvalue weighted by molar-refractivity contribution is 6.01. The predicted octanol–water partition coefficient (Wildman–Crippen LogP) is 5.62. The lowest BCUT2D eigenvalue weighted by atomic mass is 10.1. The molecule has 0 aliphatic rings. The number of hydrogen-bond acceptors (Lipinski definition) is 6. The molecule has 1 N–H and O–H groups in total. The quantitative estimate of drug-likeness (QED) is 0.282. The van der Waals surface area contributed by atoms with Crippen LogP contribution in [0.2, 0.25) is 0 Å². The molecule has 3 aromatic carbocycles. The molecule has 0 aliphatic carbocycles. The molecule has 164 valence electrons. The fraction of sp³-hybridized carbons (Fsp3) is 0.0455. The number of nitro groups is 1. The van der Waals surface area contributed by atoms with Crippen LogP contribution in [-0.2, 0) is 6.18 Å². The summed E-state index contributed by atoms with van der Waals surface area (Å²) >= 11 is 0. The minimum Gasteiger partial charge on any atom is -0.338 e. The Balaban J connectivity index is 1.70. The molecule has 0 bridgehead atoms. The van der Waals surface area contributed by atoms with Gasteiger partial charge in [-0.05, 0) is 18.2 Å². The summed E-state index contributed by atoms with van der Waals surface area (Å²) < 4.78 is 42.1. The van der Waals surface area contributed by atoms with Crippen molar-refractivity contribution in [2.24, 2.45) is 0 Å². The van der Waals surface area contributed by atoms with Gasteiger partial charge in [-0.3, -0.25) is 10.1 Å². The molecule has 2 aromatic heterocycles. The van der Waals surface area contributed by atoms with Crippen molar-refractivity contribution in [3.05, 3.63) is 88.5 Å². The Bertz CT molecular complexity index is 1510. The predicted molar refractivity (Wildman–Crippen MR) is 115 cm³/mol. The van der Waals surface area contributed by atoms with Crippen LogP contribution in [0, 0.1) is 10.1 Å². The Labute approximate surface area is 183 Å². The highest BCUT2D eigenvalue weighted by Gasteiger charge is 2.34. The van der Waals surface area contributed by atoms with Gasteiger partial charge in [0.1, 0.15) is 0 Å². The smallest absolute Gasteiger partial charge is 0.338 e. The molecular formula is C22H13F3N6O2. The fourth-order valence-corrected chi connectivity index (χ4v) is 3.57. The Morgan fingerprint density at radius 3 is 2.24 bits per heavy atom. The molecule has 2 heterocycles. The van der Waals surface area contributed by atoms with E-state index in [4.69, 9.17) is 0 Å². The maximum Gasteiger partial charge on any atom is 0.417 e. The number of rotatable bonds is 4. The Morgan fingerprint density at radius 1 is 0.879 bits per heavy atom. The largest absolute Gasteiger partial charge is 0.417 e. The van der Waals surface area contributed by atoms with Crippen LogP contribution >= 0.6 is 0 Å². The van der Waals surface area contributed by atoms with E-state index < -0.39 is 16.7 Å². The number of nitrogens with zero attached hydrogens (tertiary/aromatic N) is 5. The van der Waals surface area contributed by atoms with Crippen molar-refractivity contribution in [2.75, 3.05) is 5.32 Å². The van der Waals surface area contributed by atoms with Crippen molar-refractivity contribution in [3.8, 4) is 11.4 Å². The molecule has 0 amide bonds. The van der Waals surface area contributed by atoms with E-state index in [1.807, 2.05) is 0 Å². The second-order valence-corrected chi connectivity index (χ2v) is 7.13. The molecule has 0 radical (unpaired) electrons. The average Bonchev–Trinajstić information content (AvgIpc) is 3.23. The molecule has 8 nitrogen and oxygen atoms in total. The van der Waals surface area contributed by atoms with Crippen molar-refractivity contribution in [1.29, 1.82) is 0 Å². The molecule has 0 fully saturated rings. The second-order valence-electron chi connectivity index (χ2n) is 7.13. The van der Waals surface area contributed by atoms with Crippen LogP contribution in [0.1, 0.15) is 5.56 Å². The average molecular weight is 450 g/mol. The molecule has 0 unspecified atom stereocenters. The third-order valence-corrected chi connectivity index (χ3v) is 5.08. The highest BCUT2D eigenvalue weighted by Crippen LogP contribution is 2.37. The lowest BCUT2D eigenvalue weighted by molar-refractivity contribution is -0.384. The SMILES string of the molecule is O=[N+]([O-])c1ccc(Nc2nn3c(-c4ccccc4C(F)(F)F)nnc3c3ccccc23)cc1. The van der Waals surface area contributed by atoms with Crippen molar-refractivity contribution in [1.82, 2.24) is 19.8 Å². The topological polar surface area (TPSA) is 98.2 Å². The lowest BCUT2D eigenvalue weighted by Crippen LogP contribution is -2.09. The molecule has 0 aliphatic heterocycles. The number of hydrogen-bond donors (Lipinski definition) is 1. The first-order valence-electron chi connectivity index (χ1n) is 9.65. The van der Waals surface area contributed by atoms with E-state index in [1.165, 1.54) is 47.0 Å². The van der Waals surface area contributed by atoms with Gasteiger partial charge in [0.05, 0.1) is 10.5 Å². The van der Waals surface area contributed by atoms with Gasteiger partial charge in [-0.1, -0.05) is 42.5 Å². The van der Waals surface area contributed by atoms with E-state index >= 15 is 0 Å². The Morgan fingerprint density at radius 2 is 1.55 bits per heavy atom. The minimum absolute atomic E-state index is 0.0598. The van der Waals surface area contributed by atoms with Crippen LogP contribution in [0.3, 0.4) is 0 Å². The minimum atomic E-state index is -4.58. The molecule has 11 heteroatoms. The van der Waals surface area contributed by atoms with Gasteiger partial charge >= 0.3 is 6.18 Å². The van der Waals surface area contributed by atoms with E-state index in [2.05, 4.69) is 20.6 Å². The number of anilines is 2. The summed E-state index contributed by atoms with van der Waals surface area (Å²) in [5, 5.41) is 27.9. The van der Waals surface area contributed by atoms with E-state index in [9.17, 15) is 23.3 Å². The third-order valence-electron chi connectivity index (χ3n) is 5.08. The fourth-order valence-electron chi connectivity index (χ4n) is 3.57. The summed E-state index contributed by atoms with van der Waals surface area (Å²) in [6, 6.07) is 17.9. The first kappa shape index (κ1) is 20.4. The van der Waals surface area contributed by atoms with Crippen molar-refractivity contribution in [2.45, 2.75) is 6.18 Å². The monoisotopic (exact) mass is 450 g/mol. The Hall–Kier alpha value is -4.54. The van der Waals surface area contributed by atoms with E-state index in [-0.39, 0.29) is 17.1 Å². The number of nitro benzene ring substituents is 1. The van der Waals surface area contributed by atoms with Gasteiger partial charge in [0, 0.05) is 34.2 Å². The Kier molecular flexibility index (Phi) is 4.66. The number of alkyl halides is 3. The summed E-state index contributed by atoms with van der Waals surface area (Å²) in [6.07, 6.45) is -4.58. The summed E-state index contributed by atoms with van der Waals surface area (Å²) in [7, 11) is 0. The van der Waals surface area contributed by atoms with Gasteiger partial charge in [-0.2, -0.15) is 17.7 Å². The zero-order valence-electron chi connectivity index (χ0n) is 16.6. The number of halogens is 3.